The summed E-state index contributed by atoms with van der Waals surface area (Å²) >= 11 is 0. The summed E-state index contributed by atoms with van der Waals surface area (Å²) in [5.74, 6) is 0.903. The number of hydrogen-bond acceptors (Lipinski definition) is 2. The number of amides is 1. The summed E-state index contributed by atoms with van der Waals surface area (Å²) in [7, 11) is 0. The Morgan fingerprint density at radius 3 is 2.62 bits per heavy atom. The van der Waals surface area contributed by atoms with Gasteiger partial charge in [-0.15, -0.1) is 0 Å². The van der Waals surface area contributed by atoms with Gasteiger partial charge in [-0.05, 0) is 13.8 Å². The molecule has 2 fully saturated rings. The maximum Gasteiger partial charge on any atom is 0.230 e. The van der Waals surface area contributed by atoms with E-state index in [1.165, 1.54) is 0 Å². The second kappa shape index (κ2) is 2.47. The van der Waals surface area contributed by atoms with Gasteiger partial charge in [0.2, 0.25) is 5.91 Å². The fourth-order valence-electron chi connectivity index (χ4n) is 2.53. The first kappa shape index (κ1) is 9.00. The molecular formula is C10H17NO2. The summed E-state index contributed by atoms with van der Waals surface area (Å²) in [5.41, 5.74) is -0.388. The molecule has 0 aliphatic carbocycles. The third kappa shape index (κ3) is 1.03. The molecule has 0 radical (unpaired) electrons. The van der Waals surface area contributed by atoms with Crippen LogP contribution in [0.3, 0.4) is 0 Å². The van der Waals surface area contributed by atoms with Crippen molar-refractivity contribution in [3.63, 3.8) is 0 Å². The normalized spacial score (nSPS) is 42.6. The van der Waals surface area contributed by atoms with Crippen molar-refractivity contribution in [2.75, 3.05) is 6.61 Å². The van der Waals surface area contributed by atoms with Crippen LogP contribution >= 0.6 is 0 Å². The van der Waals surface area contributed by atoms with Crippen molar-refractivity contribution in [1.29, 1.82) is 0 Å². The molecule has 2 heterocycles. The Morgan fingerprint density at radius 1 is 1.46 bits per heavy atom. The van der Waals surface area contributed by atoms with Gasteiger partial charge < -0.3 is 9.64 Å². The topological polar surface area (TPSA) is 29.5 Å². The third-order valence-corrected chi connectivity index (χ3v) is 3.30. The molecule has 2 aliphatic heterocycles. The molecule has 0 N–H and O–H groups in total. The lowest BCUT2D eigenvalue weighted by molar-refractivity contribution is -0.245. The molecule has 0 spiro atoms. The van der Waals surface area contributed by atoms with Crippen molar-refractivity contribution in [2.45, 2.75) is 39.5 Å². The molecule has 13 heavy (non-hydrogen) atoms. The van der Waals surface area contributed by atoms with Crippen LogP contribution in [0.25, 0.3) is 0 Å². The van der Waals surface area contributed by atoms with Crippen LogP contribution in [0.4, 0.5) is 0 Å². The second-order valence-corrected chi connectivity index (χ2v) is 4.72. The molecule has 2 saturated heterocycles. The van der Waals surface area contributed by atoms with E-state index in [2.05, 4.69) is 6.92 Å². The lowest BCUT2D eigenvalue weighted by atomic mass is 9.78. The Labute approximate surface area is 79.0 Å². The lowest BCUT2D eigenvalue weighted by Gasteiger charge is -2.59. The molecule has 74 valence electrons. The zero-order chi connectivity index (χ0) is 9.80. The van der Waals surface area contributed by atoms with E-state index in [0.717, 1.165) is 6.61 Å². The summed E-state index contributed by atoms with van der Waals surface area (Å²) in [6, 6.07) is 0.399. The first-order valence-electron chi connectivity index (χ1n) is 4.92. The monoisotopic (exact) mass is 183 g/mol. The molecular weight excluding hydrogens is 166 g/mol. The molecule has 3 unspecified atom stereocenters. The number of nitrogens with zero attached hydrogens (tertiary/aromatic N) is 1. The van der Waals surface area contributed by atoms with E-state index in [4.69, 9.17) is 4.74 Å². The Bertz CT molecular complexity index is 249. The van der Waals surface area contributed by atoms with E-state index >= 15 is 0 Å². The average Bonchev–Trinajstić information content (AvgIpc) is 2.07. The van der Waals surface area contributed by atoms with Gasteiger partial charge in [0.1, 0.15) is 5.72 Å². The Hall–Kier alpha value is -0.570. The number of carbonyl (C=O) groups is 1. The van der Waals surface area contributed by atoms with Crippen molar-refractivity contribution < 1.29 is 9.53 Å². The Morgan fingerprint density at radius 2 is 2.08 bits per heavy atom. The molecule has 3 nitrogen and oxygen atoms in total. The highest BCUT2D eigenvalue weighted by atomic mass is 16.5. The zero-order valence-electron chi connectivity index (χ0n) is 8.70. The third-order valence-electron chi connectivity index (χ3n) is 3.30. The summed E-state index contributed by atoms with van der Waals surface area (Å²) in [6.07, 6.45) is 0. The van der Waals surface area contributed by atoms with Crippen molar-refractivity contribution in [2.24, 2.45) is 11.8 Å². The summed E-state index contributed by atoms with van der Waals surface area (Å²) in [6.45, 7) is 8.87. The standard InChI is InChI=1S/C10H17NO2/c1-6-5-13-10(3,4)11-8(6)7(2)9(11)12/h6-8H,5H2,1-4H3. The summed E-state index contributed by atoms with van der Waals surface area (Å²) in [4.78, 5) is 13.5. The zero-order valence-corrected chi connectivity index (χ0v) is 8.70. The Kier molecular flexibility index (Phi) is 1.71. The molecule has 0 bridgehead atoms. The average molecular weight is 183 g/mol. The van der Waals surface area contributed by atoms with Crippen molar-refractivity contribution in [3.8, 4) is 0 Å². The van der Waals surface area contributed by atoms with E-state index in [1.54, 1.807) is 0 Å². The van der Waals surface area contributed by atoms with Crippen LogP contribution in [-0.4, -0.2) is 29.2 Å². The van der Waals surface area contributed by atoms with Gasteiger partial charge in [0.05, 0.1) is 18.6 Å². The van der Waals surface area contributed by atoms with Crippen LogP contribution in [0.5, 0.6) is 0 Å². The minimum absolute atomic E-state index is 0.193. The van der Waals surface area contributed by atoms with Crippen LogP contribution in [-0.2, 0) is 9.53 Å². The highest BCUT2D eigenvalue weighted by Gasteiger charge is 2.56. The largest absolute Gasteiger partial charge is 0.356 e. The van der Waals surface area contributed by atoms with Gasteiger partial charge in [0.25, 0.3) is 0 Å². The molecule has 1 amide bonds. The fraction of sp³-hybridized carbons (Fsp3) is 0.900. The number of β-lactam (4-membered cyclic amide) rings is 1. The van der Waals surface area contributed by atoms with Crippen LogP contribution in [0.2, 0.25) is 0 Å². The Balaban J connectivity index is 2.24. The molecule has 3 atom stereocenters. The minimum Gasteiger partial charge on any atom is -0.356 e. The first-order chi connectivity index (χ1) is 5.95. The van der Waals surface area contributed by atoms with Gasteiger partial charge in [-0.25, -0.2) is 0 Å². The SMILES string of the molecule is CC1COC(C)(C)N2C(=O)C(C)C12. The van der Waals surface area contributed by atoms with Gasteiger partial charge in [0.15, 0.2) is 0 Å². The van der Waals surface area contributed by atoms with Crippen molar-refractivity contribution in [3.05, 3.63) is 0 Å². The summed E-state index contributed by atoms with van der Waals surface area (Å²) < 4.78 is 5.64. The second-order valence-electron chi connectivity index (χ2n) is 4.72. The highest BCUT2D eigenvalue weighted by Crippen LogP contribution is 2.42. The molecule has 0 aromatic carbocycles. The maximum atomic E-state index is 11.6. The van der Waals surface area contributed by atoms with Gasteiger partial charge in [-0.1, -0.05) is 13.8 Å². The first-order valence-corrected chi connectivity index (χ1v) is 4.92. The smallest absolute Gasteiger partial charge is 0.230 e. The highest BCUT2D eigenvalue weighted by molar-refractivity contribution is 5.86. The van der Waals surface area contributed by atoms with Crippen LogP contribution in [0.15, 0.2) is 0 Å². The van der Waals surface area contributed by atoms with Crippen LogP contribution in [0.1, 0.15) is 27.7 Å². The quantitative estimate of drug-likeness (QED) is 0.529. The van der Waals surface area contributed by atoms with Gasteiger partial charge >= 0.3 is 0 Å². The number of ether oxygens (including phenoxy) is 1. The van der Waals surface area contributed by atoms with Gasteiger partial charge in [-0.3, -0.25) is 4.79 Å². The fourth-order valence-corrected chi connectivity index (χ4v) is 2.53. The molecule has 2 rings (SSSR count). The summed E-state index contributed by atoms with van der Waals surface area (Å²) in [5, 5.41) is 0. The minimum atomic E-state index is -0.388. The molecule has 0 aromatic heterocycles. The predicted octanol–water partition coefficient (Wildman–Crippen LogP) is 1.24. The van der Waals surface area contributed by atoms with Crippen LogP contribution in [0, 0.1) is 11.8 Å². The lowest BCUT2D eigenvalue weighted by Crippen LogP contribution is -2.73. The molecule has 0 aromatic rings. The maximum absolute atomic E-state index is 11.6. The number of fused-ring (bicyclic) bond motifs is 1. The van der Waals surface area contributed by atoms with E-state index in [-0.39, 0.29) is 17.6 Å². The van der Waals surface area contributed by atoms with E-state index in [0.29, 0.717) is 12.0 Å². The molecule has 2 aliphatic rings. The van der Waals surface area contributed by atoms with Gasteiger partial charge in [-0.2, -0.15) is 0 Å². The van der Waals surface area contributed by atoms with Crippen molar-refractivity contribution >= 4 is 5.91 Å². The van der Waals surface area contributed by atoms with E-state index in [1.807, 2.05) is 25.7 Å². The number of rotatable bonds is 0. The molecule has 3 heteroatoms. The van der Waals surface area contributed by atoms with Crippen molar-refractivity contribution in [1.82, 2.24) is 4.90 Å². The molecule has 0 saturated carbocycles. The van der Waals surface area contributed by atoms with E-state index in [9.17, 15) is 4.79 Å². The van der Waals surface area contributed by atoms with Crippen LogP contribution < -0.4 is 0 Å². The van der Waals surface area contributed by atoms with E-state index < -0.39 is 0 Å². The number of carbonyl (C=O) groups excluding carboxylic acids is 1. The van der Waals surface area contributed by atoms with Gasteiger partial charge in [0, 0.05) is 5.92 Å². The number of hydrogen-bond donors (Lipinski definition) is 0. The predicted molar refractivity (Wildman–Crippen MR) is 49.0 cm³/mol.